The van der Waals surface area contributed by atoms with E-state index in [2.05, 4.69) is 25.9 Å². The Kier molecular flexibility index (Phi) is 3.75. The van der Waals surface area contributed by atoms with Crippen molar-refractivity contribution in [1.29, 1.82) is 0 Å². The topological polar surface area (TPSA) is 61.0 Å². The first kappa shape index (κ1) is 13.8. The van der Waals surface area contributed by atoms with E-state index in [0.717, 1.165) is 26.9 Å². The van der Waals surface area contributed by atoms with Gasteiger partial charge >= 0.3 is 0 Å². The highest BCUT2D eigenvalue weighted by atomic mass is 79.9. The second kappa shape index (κ2) is 5.17. The Labute approximate surface area is 121 Å². The van der Waals surface area contributed by atoms with E-state index in [1.165, 1.54) is 0 Å². The van der Waals surface area contributed by atoms with Crippen LogP contribution in [-0.4, -0.2) is 9.97 Å². The number of hydrogen-bond acceptors (Lipinski definition) is 4. The molecule has 19 heavy (non-hydrogen) atoms. The van der Waals surface area contributed by atoms with Crippen molar-refractivity contribution in [1.82, 2.24) is 9.97 Å². The van der Waals surface area contributed by atoms with Crippen LogP contribution in [0, 0.1) is 27.7 Å². The molecule has 0 aliphatic carbocycles. The van der Waals surface area contributed by atoms with Gasteiger partial charge in [0.15, 0.2) is 0 Å². The number of aromatic nitrogens is 2. The summed E-state index contributed by atoms with van der Waals surface area (Å²) in [6.45, 7) is 7.69. The molecule has 1 aromatic carbocycles. The lowest BCUT2D eigenvalue weighted by Crippen LogP contribution is -2.02. The van der Waals surface area contributed by atoms with Gasteiger partial charge in [-0.15, -0.1) is 0 Å². The zero-order valence-corrected chi connectivity index (χ0v) is 13.0. The molecule has 0 spiro atoms. The number of nitrogens with two attached hydrogens (primary N) is 1. The van der Waals surface area contributed by atoms with Gasteiger partial charge in [-0.25, -0.2) is 4.98 Å². The van der Waals surface area contributed by atoms with Crippen molar-refractivity contribution in [3.63, 3.8) is 0 Å². The molecule has 2 N–H and O–H groups in total. The minimum Gasteiger partial charge on any atom is -0.439 e. The summed E-state index contributed by atoms with van der Waals surface area (Å²) in [7, 11) is 0. The van der Waals surface area contributed by atoms with Crippen LogP contribution >= 0.6 is 15.9 Å². The van der Waals surface area contributed by atoms with Crippen molar-refractivity contribution < 1.29 is 4.74 Å². The monoisotopic (exact) mass is 321 g/mol. The van der Waals surface area contributed by atoms with Crippen molar-refractivity contribution in [3.05, 3.63) is 39.1 Å². The Morgan fingerprint density at radius 3 is 2.21 bits per heavy atom. The van der Waals surface area contributed by atoms with Crippen LogP contribution in [0.25, 0.3) is 0 Å². The summed E-state index contributed by atoms with van der Waals surface area (Å²) >= 11 is 3.54. The van der Waals surface area contributed by atoms with Gasteiger partial charge in [-0.05, 0) is 51.0 Å². The van der Waals surface area contributed by atoms with Crippen LogP contribution in [0.15, 0.2) is 16.6 Å². The summed E-state index contributed by atoms with van der Waals surface area (Å²) in [6.07, 6.45) is 0. The summed E-state index contributed by atoms with van der Waals surface area (Å²) in [4.78, 5) is 8.39. The predicted octanol–water partition coefficient (Wildman–Crippen LogP) is 3.85. The maximum absolute atomic E-state index is 5.84. The number of ether oxygens (including phenoxy) is 1. The van der Waals surface area contributed by atoms with Crippen LogP contribution in [0.3, 0.4) is 0 Å². The molecule has 0 unspecified atom stereocenters. The fraction of sp³-hybridized carbons (Fsp3) is 0.286. The third-order valence-corrected chi connectivity index (χ3v) is 4.13. The Balaban J connectivity index is 2.42. The van der Waals surface area contributed by atoms with Crippen LogP contribution in [0.2, 0.25) is 0 Å². The lowest BCUT2D eigenvalue weighted by molar-refractivity contribution is 0.455. The number of nitrogens with zero attached hydrogens (tertiary/aromatic N) is 2. The molecular formula is C14H16BrN3O. The number of rotatable bonds is 2. The normalized spacial score (nSPS) is 10.6. The summed E-state index contributed by atoms with van der Waals surface area (Å²) < 4.78 is 6.93. The number of benzene rings is 1. The first-order valence-corrected chi connectivity index (χ1v) is 6.73. The van der Waals surface area contributed by atoms with Gasteiger partial charge in [0.25, 0.3) is 0 Å². The van der Waals surface area contributed by atoms with Crippen molar-refractivity contribution in [2.75, 3.05) is 5.73 Å². The maximum Gasteiger partial charge on any atom is 0.227 e. The Bertz CT molecular complexity index is 618. The fourth-order valence-electron chi connectivity index (χ4n) is 1.80. The summed E-state index contributed by atoms with van der Waals surface area (Å²) in [6, 6.07) is 3.92. The quantitative estimate of drug-likeness (QED) is 0.912. The number of nitrogen functional groups attached to an aromatic ring is 1. The van der Waals surface area contributed by atoms with Crippen LogP contribution in [0.1, 0.15) is 22.5 Å². The molecule has 100 valence electrons. The van der Waals surface area contributed by atoms with Gasteiger partial charge in [-0.2, -0.15) is 4.98 Å². The second-order valence-electron chi connectivity index (χ2n) is 4.56. The number of aryl methyl sites for hydroxylation is 3. The SMILES string of the molecule is Cc1nc(N)c(C)c(Oc2cc(C)c(Br)c(C)c2)n1. The van der Waals surface area contributed by atoms with Gasteiger partial charge in [0.05, 0.1) is 5.56 Å². The van der Waals surface area contributed by atoms with Crippen molar-refractivity contribution >= 4 is 21.7 Å². The predicted molar refractivity (Wildman–Crippen MR) is 79.6 cm³/mol. The summed E-state index contributed by atoms with van der Waals surface area (Å²) in [5.74, 6) is 2.31. The first-order chi connectivity index (χ1) is 8.88. The molecule has 0 saturated heterocycles. The van der Waals surface area contributed by atoms with Crippen molar-refractivity contribution in [3.8, 4) is 11.6 Å². The summed E-state index contributed by atoms with van der Waals surface area (Å²) in [5.41, 5.74) is 8.81. The molecule has 1 heterocycles. The number of halogens is 1. The van der Waals surface area contributed by atoms with Gasteiger partial charge in [0, 0.05) is 4.47 Å². The standard InChI is InChI=1S/C14H16BrN3O/c1-7-5-11(6-8(2)12(7)15)19-14-9(3)13(16)17-10(4)18-14/h5-6H,1-4H3,(H2,16,17,18). The number of hydrogen-bond donors (Lipinski definition) is 1. The highest BCUT2D eigenvalue weighted by Crippen LogP contribution is 2.30. The average molecular weight is 322 g/mol. The molecule has 0 bridgehead atoms. The maximum atomic E-state index is 5.84. The summed E-state index contributed by atoms with van der Waals surface area (Å²) in [5, 5.41) is 0. The van der Waals surface area contributed by atoms with Crippen molar-refractivity contribution in [2.24, 2.45) is 0 Å². The first-order valence-electron chi connectivity index (χ1n) is 5.94. The number of anilines is 1. The molecule has 4 nitrogen and oxygen atoms in total. The fourth-order valence-corrected chi connectivity index (χ4v) is 2.03. The van der Waals surface area contributed by atoms with E-state index in [1.54, 1.807) is 6.92 Å². The molecule has 0 aliphatic rings. The van der Waals surface area contributed by atoms with Gasteiger partial charge in [0.1, 0.15) is 17.4 Å². The minimum absolute atomic E-state index is 0.452. The molecular weight excluding hydrogens is 306 g/mol. The van der Waals surface area contributed by atoms with Gasteiger partial charge in [-0.3, -0.25) is 0 Å². The molecule has 0 aliphatic heterocycles. The van der Waals surface area contributed by atoms with E-state index in [9.17, 15) is 0 Å². The molecule has 2 rings (SSSR count). The van der Waals surface area contributed by atoms with Gasteiger partial charge < -0.3 is 10.5 Å². The third kappa shape index (κ3) is 2.87. The molecule has 0 amide bonds. The second-order valence-corrected chi connectivity index (χ2v) is 5.35. The van der Waals surface area contributed by atoms with E-state index in [4.69, 9.17) is 10.5 Å². The van der Waals surface area contributed by atoms with Crippen LogP contribution < -0.4 is 10.5 Å². The smallest absolute Gasteiger partial charge is 0.227 e. The van der Waals surface area contributed by atoms with Crippen molar-refractivity contribution in [2.45, 2.75) is 27.7 Å². The van der Waals surface area contributed by atoms with E-state index in [-0.39, 0.29) is 0 Å². The zero-order chi connectivity index (χ0) is 14.2. The average Bonchev–Trinajstić information content (AvgIpc) is 2.32. The minimum atomic E-state index is 0.452. The van der Waals surface area contributed by atoms with Crippen LogP contribution in [0.4, 0.5) is 5.82 Å². The molecule has 0 saturated carbocycles. The highest BCUT2D eigenvalue weighted by Gasteiger charge is 2.10. The Hall–Kier alpha value is -1.62. The Morgan fingerprint density at radius 2 is 1.63 bits per heavy atom. The zero-order valence-electron chi connectivity index (χ0n) is 11.4. The highest BCUT2D eigenvalue weighted by molar-refractivity contribution is 9.10. The van der Waals surface area contributed by atoms with E-state index >= 15 is 0 Å². The third-order valence-electron chi connectivity index (χ3n) is 2.88. The van der Waals surface area contributed by atoms with Gasteiger partial charge in [-0.1, -0.05) is 15.9 Å². The van der Waals surface area contributed by atoms with Gasteiger partial charge in [0.2, 0.25) is 5.88 Å². The molecule has 2 aromatic rings. The van der Waals surface area contributed by atoms with Crippen LogP contribution in [-0.2, 0) is 0 Å². The van der Waals surface area contributed by atoms with E-state index in [0.29, 0.717) is 17.5 Å². The lowest BCUT2D eigenvalue weighted by Gasteiger charge is -2.12. The molecule has 5 heteroatoms. The molecule has 0 atom stereocenters. The van der Waals surface area contributed by atoms with E-state index in [1.807, 2.05) is 32.9 Å². The van der Waals surface area contributed by atoms with Crippen LogP contribution in [0.5, 0.6) is 11.6 Å². The molecule has 0 radical (unpaired) electrons. The van der Waals surface area contributed by atoms with E-state index < -0.39 is 0 Å². The largest absolute Gasteiger partial charge is 0.439 e. The Morgan fingerprint density at radius 1 is 1.05 bits per heavy atom. The molecule has 1 aromatic heterocycles. The molecule has 0 fully saturated rings. The lowest BCUT2D eigenvalue weighted by atomic mass is 10.1.